The summed E-state index contributed by atoms with van der Waals surface area (Å²) in [7, 11) is 0. The van der Waals surface area contributed by atoms with Gasteiger partial charge >= 0.3 is 0 Å². The molecule has 2 saturated heterocycles. The molecule has 154 valence electrons. The zero-order chi connectivity index (χ0) is 20.4. The average molecular weight is 396 g/mol. The van der Waals surface area contributed by atoms with Crippen molar-refractivity contribution in [1.82, 2.24) is 9.78 Å². The van der Waals surface area contributed by atoms with E-state index < -0.39 is 0 Å². The first-order valence-corrected chi connectivity index (χ1v) is 10.3. The van der Waals surface area contributed by atoms with Crippen LogP contribution < -0.4 is 10.2 Å². The third-order valence-corrected chi connectivity index (χ3v) is 5.98. The molecule has 2 fully saturated rings. The summed E-state index contributed by atoms with van der Waals surface area (Å²) in [6, 6.07) is 5.97. The van der Waals surface area contributed by atoms with Crippen LogP contribution in [0.2, 0.25) is 0 Å². The van der Waals surface area contributed by atoms with Crippen LogP contribution in [0.25, 0.3) is 0 Å². The molecule has 1 N–H and O–H groups in total. The van der Waals surface area contributed by atoms with Gasteiger partial charge in [-0.1, -0.05) is 6.07 Å². The van der Waals surface area contributed by atoms with Gasteiger partial charge in [0.25, 0.3) is 0 Å². The van der Waals surface area contributed by atoms with Crippen LogP contribution in [0.4, 0.5) is 11.4 Å². The van der Waals surface area contributed by atoms with Gasteiger partial charge in [0.05, 0.1) is 17.8 Å². The number of nitrogens with one attached hydrogen (secondary N) is 1. The second kappa shape index (κ2) is 8.37. The lowest BCUT2D eigenvalue weighted by Gasteiger charge is -2.21. The number of rotatable bonds is 5. The normalized spacial score (nSPS) is 20.3. The molecule has 0 aliphatic carbocycles. The molecule has 7 heteroatoms. The topological polar surface area (TPSA) is 76.5 Å². The average Bonchev–Trinajstić information content (AvgIpc) is 3.31. The van der Waals surface area contributed by atoms with E-state index >= 15 is 0 Å². The van der Waals surface area contributed by atoms with Crippen LogP contribution in [0, 0.1) is 25.7 Å². The van der Waals surface area contributed by atoms with E-state index in [4.69, 9.17) is 4.74 Å². The summed E-state index contributed by atoms with van der Waals surface area (Å²) in [6.45, 7) is 6.93. The lowest BCUT2D eigenvalue weighted by Crippen LogP contribution is -2.28. The fraction of sp³-hybridized carbons (Fsp3) is 0.500. The van der Waals surface area contributed by atoms with Crippen molar-refractivity contribution < 1.29 is 14.3 Å². The Kier molecular flexibility index (Phi) is 5.67. The quantitative estimate of drug-likeness (QED) is 0.843. The molecule has 2 amide bonds. The van der Waals surface area contributed by atoms with Crippen molar-refractivity contribution in [3.63, 3.8) is 0 Å². The fourth-order valence-corrected chi connectivity index (χ4v) is 3.99. The van der Waals surface area contributed by atoms with Gasteiger partial charge in [-0.2, -0.15) is 5.10 Å². The van der Waals surface area contributed by atoms with Gasteiger partial charge in [0, 0.05) is 44.6 Å². The molecule has 29 heavy (non-hydrogen) atoms. The zero-order valence-electron chi connectivity index (χ0n) is 17.1. The SMILES string of the molecule is Cc1ccc(N2C[C@H](C(=O)Nc3cnn(CC4CCOCC4)c3)CC2=O)cc1C. The lowest BCUT2D eigenvalue weighted by atomic mass is 10.0. The summed E-state index contributed by atoms with van der Waals surface area (Å²) in [4.78, 5) is 26.9. The first-order valence-electron chi connectivity index (χ1n) is 10.3. The molecular weight excluding hydrogens is 368 g/mol. The van der Waals surface area contributed by atoms with E-state index in [0.29, 0.717) is 18.2 Å². The highest BCUT2D eigenvalue weighted by Crippen LogP contribution is 2.27. The van der Waals surface area contributed by atoms with Crippen LogP contribution in [0.15, 0.2) is 30.6 Å². The van der Waals surface area contributed by atoms with Crippen molar-refractivity contribution in [3.8, 4) is 0 Å². The molecular formula is C22H28N4O3. The van der Waals surface area contributed by atoms with Crippen LogP contribution in [0.1, 0.15) is 30.4 Å². The van der Waals surface area contributed by atoms with Crippen molar-refractivity contribution in [1.29, 1.82) is 0 Å². The Bertz CT molecular complexity index is 901. The molecule has 2 aromatic rings. The molecule has 1 aromatic heterocycles. The molecule has 0 bridgehead atoms. The number of carbonyl (C=O) groups is 2. The maximum atomic E-state index is 12.7. The number of aryl methyl sites for hydroxylation is 2. The third kappa shape index (κ3) is 4.50. The van der Waals surface area contributed by atoms with Crippen LogP contribution in [0.3, 0.4) is 0 Å². The molecule has 0 radical (unpaired) electrons. The molecule has 1 aromatic carbocycles. The molecule has 7 nitrogen and oxygen atoms in total. The maximum Gasteiger partial charge on any atom is 0.229 e. The number of aromatic nitrogens is 2. The van der Waals surface area contributed by atoms with Gasteiger partial charge in [-0.15, -0.1) is 0 Å². The van der Waals surface area contributed by atoms with Crippen molar-refractivity contribution in [2.75, 3.05) is 30.0 Å². The standard InChI is InChI=1S/C22H28N4O3/c1-15-3-4-20(9-16(15)2)26-13-18(10-21(26)27)22(28)24-19-11-23-25(14-19)12-17-5-7-29-8-6-17/h3-4,9,11,14,17-18H,5-8,10,12-13H2,1-2H3,(H,24,28)/t18-/m1/s1. The smallest absolute Gasteiger partial charge is 0.229 e. The number of carbonyl (C=O) groups excluding carboxylic acids is 2. The Hall–Kier alpha value is -2.67. The highest BCUT2D eigenvalue weighted by molar-refractivity contribution is 6.03. The van der Waals surface area contributed by atoms with E-state index in [1.807, 2.05) is 42.9 Å². The number of benzene rings is 1. The van der Waals surface area contributed by atoms with Gasteiger partial charge in [0.15, 0.2) is 0 Å². The number of anilines is 2. The van der Waals surface area contributed by atoms with Crippen molar-refractivity contribution in [2.45, 2.75) is 39.7 Å². The molecule has 2 aliphatic rings. The minimum Gasteiger partial charge on any atom is -0.381 e. The third-order valence-electron chi connectivity index (χ3n) is 5.98. The first-order chi connectivity index (χ1) is 14.0. The first kappa shape index (κ1) is 19.6. The van der Waals surface area contributed by atoms with Crippen LogP contribution >= 0.6 is 0 Å². The Morgan fingerprint density at radius 3 is 2.79 bits per heavy atom. The van der Waals surface area contributed by atoms with E-state index in [1.54, 1.807) is 11.1 Å². The van der Waals surface area contributed by atoms with Crippen LogP contribution in [-0.2, 0) is 20.9 Å². The zero-order valence-corrected chi connectivity index (χ0v) is 17.1. The summed E-state index contributed by atoms with van der Waals surface area (Å²) in [6.07, 6.45) is 5.86. The van der Waals surface area contributed by atoms with Crippen molar-refractivity contribution in [2.24, 2.45) is 11.8 Å². The van der Waals surface area contributed by atoms with E-state index in [-0.39, 0.29) is 24.2 Å². The fourth-order valence-electron chi connectivity index (χ4n) is 3.99. The highest BCUT2D eigenvalue weighted by atomic mass is 16.5. The van der Waals surface area contributed by atoms with Gasteiger partial charge in [-0.25, -0.2) is 0 Å². The number of hydrogen-bond donors (Lipinski definition) is 1. The summed E-state index contributed by atoms with van der Waals surface area (Å²) in [5, 5.41) is 7.30. The Morgan fingerprint density at radius 2 is 2.03 bits per heavy atom. The van der Waals surface area contributed by atoms with Crippen molar-refractivity contribution in [3.05, 3.63) is 41.7 Å². The Morgan fingerprint density at radius 1 is 1.24 bits per heavy atom. The van der Waals surface area contributed by atoms with E-state index in [1.165, 1.54) is 5.56 Å². The lowest BCUT2D eigenvalue weighted by molar-refractivity contribution is -0.122. The monoisotopic (exact) mass is 396 g/mol. The number of hydrogen-bond acceptors (Lipinski definition) is 4. The number of amides is 2. The highest BCUT2D eigenvalue weighted by Gasteiger charge is 2.35. The maximum absolute atomic E-state index is 12.7. The largest absolute Gasteiger partial charge is 0.381 e. The van der Waals surface area contributed by atoms with E-state index in [0.717, 1.165) is 43.9 Å². The molecule has 4 rings (SSSR count). The Labute approximate surface area is 171 Å². The number of nitrogens with zero attached hydrogens (tertiary/aromatic N) is 3. The second-order valence-electron chi connectivity index (χ2n) is 8.17. The summed E-state index contributed by atoms with van der Waals surface area (Å²) < 4.78 is 7.28. The molecule has 0 spiro atoms. The second-order valence-corrected chi connectivity index (χ2v) is 8.17. The minimum absolute atomic E-state index is 0.0105. The van der Waals surface area contributed by atoms with Crippen molar-refractivity contribution >= 4 is 23.2 Å². The Balaban J connectivity index is 1.35. The van der Waals surface area contributed by atoms with Gasteiger partial charge in [0.2, 0.25) is 11.8 Å². The van der Waals surface area contributed by atoms with E-state index in [9.17, 15) is 9.59 Å². The minimum atomic E-state index is -0.358. The molecule has 2 aliphatic heterocycles. The van der Waals surface area contributed by atoms with E-state index in [2.05, 4.69) is 10.4 Å². The molecule has 3 heterocycles. The predicted molar refractivity (Wildman–Crippen MR) is 111 cm³/mol. The summed E-state index contributed by atoms with van der Waals surface area (Å²) in [5.74, 6) is 0.0630. The molecule has 0 unspecified atom stereocenters. The van der Waals surface area contributed by atoms with Gasteiger partial charge in [-0.05, 0) is 55.9 Å². The number of ether oxygens (including phenoxy) is 1. The molecule has 0 saturated carbocycles. The summed E-state index contributed by atoms with van der Waals surface area (Å²) >= 11 is 0. The predicted octanol–water partition coefficient (Wildman–Crippen LogP) is 2.92. The van der Waals surface area contributed by atoms with Crippen LogP contribution in [-0.4, -0.2) is 41.4 Å². The van der Waals surface area contributed by atoms with Gasteiger partial charge < -0.3 is 15.0 Å². The summed E-state index contributed by atoms with van der Waals surface area (Å²) in [5.41, 5.74) is 3.87. The van der Waals surface area contributed by atoms with Gasteiger partial charge in [-0.3, -0.25) is 14.3 Å². The van der Waals surface area contributed by atoms with Gasteiger partial charge in [0.1, 0.15) is 0 Å². The van der Waals surface area contributed by atoms with Crippen LogP contribution in [0.5, 0.6) is 0 Å². The molecule has 1 atom stereocenters.